The molecule has 2 aromatic rings. The number of fused-ring (bicyclic) bond motifs is 1. The maximum Gasteiger partial charge on any atom is 0.233 e. The minimum Gasteiger partial charge on any atom is -0.492 e. The number of halogens is 1. The van der Waals surface area contributed by atoms with Gasteiger partial charge in [-0.25, -0.2) is 4.39 Å². The molecule has 1 aliphatic heterocycles. The fourth-order valence-electron chi connectivity index (χ4n) is 5.03. The van der Waals surface area contributed by atoms with Gasteiger partial charge in [0.1, 0.15) is 24.6 Å². The summed E-state index contributed by atoms with van der Waals surface area (Å²) in [5.74, 6) is -0.489. The topological polar surface area (TPSA) is 91.9 Å². The lowest BCUT2D eigenvalue weighted by Crippen LogP contribution is -2.39. The van der Waals surface area contributed by atoms with Gasteiger partial charge >= 0.3 is 0 Å². The number of nitrogens with one attached hydrogen (secondary N) is 3. The van der Waals surface area contributed by atoms with Gasteiger partial charge in [-0.3, -0.25) is 14.5 Å². The van der Waals surface area contributed by atoms with E-state index >= 15 is 4.39 Å². The van der Waals surface area contributed by atoms with Crippen LogP contribution in [0.4, 0.5) is 15.8 Å². The summed E-state index contributed by atoms with van der Waals surface area (Å²) in [6.07, 6.45) is 6.14. The summed E-state index contributed by atoms with van der Waals surface area (Å²) in [6, 6.07) is 10.6. The number of rotatable bonds is 11. The van der Waals surface area contributed by atoms with Gasteiger partial charge in [0.05, 0.1) is 13.2 Å². The predicted molar refractivity (Wildman–Crippen MR) is 170 cm³/mol. The zero-order valence-corrected chi connectivity index (χ0v) is 25.9. The highest BCUT2D eigenvalue weighted by Crippen LogP contribution is 2.20. The van der Waals surface area contributed by atoms with Crippen molar-refractivity contribution in [3.63, 3.8) is 0 Å². The van der Waals surface area contributed by atoms with Crippen molar-refractivity contribution in [1.29, 1.82) is 0 Å². The number of allylic oxidation sites excluding steroid dienone is 2. The first-order chi connectivity index (χ1) is 20.6. The molecule has 0 atom stereocenters. The van der Waals surface area contributed by atoms with Gasteiger partial charge in [-0.1, -0.05) is 39.8 Å². The third-order valence-corrected chi connectivity index (χ3v) is 7.35. The average Bonchev–Trinajstić information content (AvgIpc) is 2.95. The van der Waals surface area contributed by atoms with Crippen molar-refractivity contribution in [2.45, 2.75) is 53.4 Å². The van der Waals surface area contributed by atoms with Crippen LogP contribution in [-0.4, -0.2) is 62.7 Å². The van der Waals surface area contributed by atoms with Crippen molar-refractivity contribution >= 4 is 34.5 Å². The SMILES string of the molecule is CCC1=c2\cc(OCCN3CCOCC3)cc(F)\c2=C(/Nc2ccc(NC(=O)CC(=O)NCC(C)(C)C)cc2)CC/C=C\1. The van der Waals surface area contributed by atoms with E-state index in [2.05, 4.69) is 39.9 Å². The molecular weight excluding hydrogens is 547 g/mol. The van der Waals surface area contributed by atoms with E-state index in [1.165, 1.54) is 6.07 Å². The Hall–Kier alpha value is -3.69. The molecule has 232 valence electrons. The van der Waals surface area contributed by atoms with Crippen LogP contribution in [0.1, 0.15) is 53.4 Å². The number of carbonyl (C=O) groups is 2. The van der Waals surface area contributed by atoms with E-state index in [4.69, 9.17) is 9.47 Å². The van der Waals surface area contributed by atoms with Gasteiger partial charge in [0.2, 0.25) is 11.8 Å². The number of amides is 2. The fourth-order valence-corrected chi connectivity index (χ4v) is 5.03. The number of ether oxygens (including phenoxy) is 2. The number of carbonyl (C=O) groups excluding carboxylic acids is 2. The quantitative estimate of drug-likeness (QED) is 0.340. The third kappa shape index (κ3) is 9.93. The molecule has 4 rings (SSSR count). The number of hydrogen-bond acceptors (Lipinski definition) is 6. The van der Waals surface area contributed by atoms with Crippen LogP contribution in [0.15, 0.2) is 48.6 Å². The summed E-state index contributed by atoms with van der Waals surface area (Å²) in [5, 5.41) is 10.4. The Morgan fingerprint density at radius 3 is 2.47 bits per heavy atom. The van der Waals surface area contributed by atoms with Crippen molar-refractivity contribution in [2.75, 3.05) is 56.6 Å². The van der Waals surface area contributed by atoms with Crippen LogP contribution in [0.25, 0.3) is 11.3 Å². The van der Waals surface area contributed by atoms with Gasteiger partial charge in [0, 0.05) is 54.5 Å². The number of hydrogen-bond donors (Lipinski definition) is 3. The van der Waals surface area contributed by atoms with E-state index in [1.807, 2.05) is 39.0 Å². The zero-order chi connectivity index (χ0) is 30.8. The minimum absolute atomic E-state index is 0.0570. The minimum atomic E-state index is -0.380. The van der Waals surface area contributed by atoms with Gasteiger partial charge in [0.15, 0.2) is 0 Å². The summed E-state index contributed by atoms with van der Waals surface area (Å²) in [6.45, 7) is 13.1. The van der Waals surface area contributed by atoms with Crippen LogP contribution in [0, 0.1) is 11.2 Å². The molecule has 3 N–H and O–H groups in total. The molecule has 8 nitrogen and oxygen atoms in total. The molecule has 2 aliphatic rings. The number of benzene rings is 2. The van der Waals surface area contributed by atoms with Crippen molar-refractivity contribution in [3.8, 4) is 5.75 Å². The van der Waals surface area contributed by atoms with Gasteiger partial charge in [-0.05, 0) is 65.8 Å². The molecule has 1 aliphatic carbocycles. The largest absolute Gasteiger partial charge is 0.492 e. The average molecular weight is 593 g/mol. The molecule has 0 radical (unpaired) electrons. The molecule has 1 saturated heterocycles. The van der Waals surface area contributed by atoms with Crippen LogP contribution in [0.5, 0.6) is 5.75 Å². The van der Waals surface area contributed by atoms with E-state index in [0.29, 0.717) is 36.2 Å². The molecule has 2 amide bonds. The summed E-state index contributed by atoms with van der Waals surface area (Å²) in [5.41, 5.74) is 3.14. The number of anilines is 2. The summed E-state index contributed by atoms with van der Waals surface area (Å²) >= 11 is 0. The van der Waals surface area contributed by atoms with E-state index in [-0.39, 0.29) is 29.5 Å². The van der Waals surface area contributed by atoms with Crippen LogP contribution >= 0.6 is 0 Å². The smallest absolute Gasteiger partial charge is 0.233 e. The molecule has 0 bridgehead atoms. The Labute approximate surface area is 254 Å². The predicted octanol–water partition coefficient (Wildman–Crippen LogP) is 4.16. The number of morpholine rings is 1. The maximum absolute atomic E-state index is 15.8. The highest BCUT2D eigenvalue weighted by atomic mass is 19.1. The van der Waals surface area contributed by atoms with Crippen LogP contribution in [-0.2, 0) is 14.3 Å². The molecular formula is C34H45FN4O4. The summed E-state index contributed by atoms with van der Waals surface area (Å²) in [7, 11) is 0. The van der Waals surface area contributed by atoms with Gasteiger partial charge in [0.25, 0.3) is 0 Å². The first kappa shape index (κ1) is 32.2. The maximum atomic E-state index is 15.8. The van der Waals surface area contributed by atoms with Crippen LogP contribution in [0.2, 0.25) is 0 Å². The Kier molecular flexibility index (Phi) is 11.4. The van der Waals surface area contributed by atoms with Crippen molar-refractivity contribution in [1.82, 2.24) is 10.2 Å². The van der Waals surface area contributed by atoms with E-state index in [9.17, 15) is 9.59 Å². The normalized spacial score (nSPS) is 19.0. The van der Waals surface area contributed by atoms with Crippen molar-refractivity contribution < 1.29 is 23.5 Å². The molecule has 43 heavy (non-hydrogen) atoms. The Morgan fingerprint density at radius 2 is 1.77 bits per heavy atom. The lowest BCUT2D eigenvalue weighted by Gasteiger charge is -2.26. The van der Waals surface area contributed by atoms with Crippen LogP contribution in [0.3, 0.4) is 0 Å². The molecule has 1 fully saturated rings. The second-order valence-electron chi connectivity index (χ2n) is 12.2. The second-order valence-corrected chi connectivity index (χ2v) is 12.2. The Bertz CT molecular complexity index is 1420. The third-order valence-electron chi connectivity index (χ3n) is 7.35. The van der Waals surface area contributed by atoms with E-state index < -0.39 is 0 Å². The van der Waals surface area contributed by atoms with Crippen molar-refractivity contribution in [3.05, 3.63) is 64.8 Å². The van der Waals surface area contributed by atoms with Crippen molar-refractivity contribution in [2.24, 2.45) is 5.41 Å². The molecule has 0 aromatic heterocycles. The molecule has 0 spiro atoms. The van der Waals surface area contributed by atoms with Gasteiger partial charge < -0.3 is 25.4 Å². The van der Waals surface area contributed by atoms with E-state index in [0.717, 1.165) is 67.9 Å². The summed E-state index contributed by atoms with van der Waals surface area (Å²) in [4.78, 5) is 26.8. The van der Waals surface area contributed by atoms with Gasteiger partial charge in [-0.15, -0.1) is 0 Å². The zero-order valence-electron chi connectivity index (χ0n) is 25.9. The lowest BCUT2D eigenvalue weighted by atomic mass is 9.97. The highest BCUT2D eigenvalue weighted by Gasteiger charge is 2.16. The first-order valence-corrected chi connectivity index (χ1v) is 15.2. The monoisotopic (exact) mass is 592 g/mol. The first-order valence-electron chi connectivity index (χ1n) is 15.2. The highest BCUT2D eigenvalue weighted by molar-refractivity contribution is 6.03. The number of nitrogens with zero attached hydrogens (tertiary/aromatic N) is 1. The fraction of sp³-hybridized carbons (Fsp3) is 0.471. The molecule has 2 aromatic carbocycles. The molecule has 1 heterocycles. The Balaban J connectivity index is 1.49. The molecule has 9 heteroatoms. The molecule has 0 unspecified atom stereocenters. The van der Waals surface area contributed by atoms with Crippen LogP contribution < -0.4 is 31.1 Å². The Morgan fingerprint density at radius 1 is 1.05 bits per heavy atom. The van der Waals surface area contributed by atoms with E-state index in [1.54, 1.807) is 12.1 Å². The summed E-state index contributed by atoms with van der Waals surface area (Å²) < 4.78 is 27.3. The lowest BCUT2D eigenvalue weighted by molar-refractivity contribution is -0.127. The van der Waals surface area contributed by atoms with Gasteiger partial charge in [-0.2, -0.15) is 0 Å². The molecule has 0 saturated carbocycles. The standard InChI is InChI=1S/C34H45FN4O4/c1-5-24-8-6-7-9-30(33-28(24)20-27(21-29(33)35)43-19-16-39-14-17-42-18-15-39)37-25-10-12-26(13-11-25)38-32(41)22-31(40)36-23-34(2,3)4/h6,8,10-13,20-21,37H,5,7,9,14-19,22-23H2,1-4H3,(H,36,40)(H,38,41)/b8-6-,28-24-,33-30-. The second kappa shape index (κ2) is 15.2.